The molecule has 1 amide bonds. The number of carbonyl (C=O) groups excluding carboxylic acids is 1. The minimum Gasteiger partial charge on any atom is -0.444 e. The van der Waals surface area contributed by atoms with Crippen molar-refractivity contribution in [3.8, 4) is 10.4 Å². The third-order valence-corrected chi connectivity index (χ3v) is 12.4. The average Bonchev–Trinajstić information content (AvgIpc) is 3.68. The number of ether oxygens (including phenoxy) is 3. The summed E-state index contributed by atoms with van der Waals surface area (Å²) in [5, 5.41) is 4.81. The summed E-state index contributed by atoms with van der Waals surface area (Å²) in [6, 6.07) is 4.56. The van der Waals surface area contributed by atoms with E-state index in [9.17, 15) is 4.79 Å². The van der Waals surface area contributed by atoms with E-state index in [1.807, 2.05) is 48.1 Å². The normalized spacial score (nSPS) is 17.7. The number of aromatic nitrogens is 4. The Bertz CT molecular complexity index is 1390. The van der Waals surface area contributed by atoms with Crippen LogP contribution < -0.4 is 4.90 Å². The Morgan fingerprint density at radius 1 is 1.02 bits per heavy atom. The van der Waals surface area contributed by atoms with Crippen molar-refractivity contribution < 1.29 is 19.0 Å². The Kier molecular flexibility index (Phi) is 12.1. The molecule has 256 valence electrons. The van der Waals surface area contributed by atoms with Crippen LogP contribution in [-0.2, 0) is 20.6 Å². The second kappa shape index (κ2) is 15.3. The third-order valence-electron chi connectivity index (χ3n) is 8.14. The molecular weight excluding hydrogens is 633 g/mol. The molecule has 1 saturated heterocycles. The summed E-state index contributed by atoms with van der Waals surface area (Å²) in [5.41, 5.74) is 4.00. The summed E-state index contributed by atoms with van der Waals surface area (Å²) in [5.74, 6) is 0.889. The number of hydrogen-bond donors (Lipinski definition) is 0. The summed E-state index contributed by atoms with van der Waals surface area (Å²) >= 11 is 1.58. The van der Waals surface area contributed by atoms with Gasteiger partial charge in [-0.2, -0.15) is 9.61 Å². The molecule has 4 rings (SSSR count). The van der Waals surface area contributed by atoms with Gasteiger partial charge in [0.25, 0.3) is 0 Å². The summed E-state index contributed by atoms with van der Waals surface area (Å²) in [7, 11) is -2.47. The van der Waals surface area contributed by atoms with Crippen molar-refractivity contribution in [3.05, 3.63) is 29.7 Å². The monoisotopic (exact) mass is 688 g/mol. The van der Waals surface area contributed by atoms with Gasteiger partial charge in [0.2, 0.25) is 0 Å². The largest absolute Gasteiger partial charge is 0.444 e. The molecule has 0 spiro atoms. The SMILES string of the molecule is C[C@@H]1CC[C@H](CCc2cc(N(COCC[Si](C)(C)C)COCC[Si](C)(C)C)n3ncc(-c4cncs4)c3n2)N1C(=O)OC(C)(C)C. The number of rotatable bonds is 15. The highest BCUT2D eigenvalue weighted by molar-refractivity contribution is 7.13. The van der Waals surface area contributed by atoms with Crippen LogP contribution in [0.1, 0.15) is 52.7 Å². The number of hydrogen-bond acceptors (Lipinski definition) is 9. The number of amides is 1. The van der Waals surface area contributed by atoms with E-state index in [1.165, 1.54) is 0 Å². The first-order valence-corrected chi connectivity index (χ1v) is 25.0. The number of fused-ring (bicyclic) bond motifs is 1. The van der Waals surface area contributed by atoms with Gasteiger partial charge in [-0.3, -0.25) is 4.98 Å². The van der Waals surface area contributed by atoms with Crippen molar-refractivity contribution >= 4 is 45.0 Å². The van der Waals surface area contributed by atoms with Crippen LogP contribution in [0.4, 0.5) is 10.6 Å². The van der Waals surface area contributed by atoms with E-state index >= 15 is 0 Å². The first-order valence-electron chi connectivity index (χ1n) is 16.7. The zero-order valence-corrected chi connectivity index (χ0v) is 32.6. The van der Waals surface area contributed by atoms with E-state index in [0.717, 1.165) is 59.0 Å². The summed E-state index contributed by atoms with van der Waals surface area (Å²) in [4.78, 5) is 27.7. The second-order valence-electron chi connectivity index (χ2n) is 16.0. The van der Waals surface area contributed by atoms with Gasteiger partial charge in [-0.1, -0.05) is 39.3 Å². The highest BCUT2D eigenvalue weighted by Crippen LogP contribution is 2.32. The lowest BCUT2D eigenvalue weighted by atomic mass is 10.1. The summed E-state index contributed by atoms with van der Waals surface area (Å²) in [6.45, 7) is 24.3. The summed E-state index contributed by atoms with van der Waals surface area (Å²) in [6.07, 6.45) is 6.96. The molecule has 0 radical (unpaired) electrons. The Labute approximate surface area is 281 Å². The van der Waals surface area contributed by atoms with Crippen molar-refractivity contribution in [3.63, 3.8) is 0 Å². The van der Waals surface area contributed by atoms with E-state index in [2.05, 4.69) is 62.2 Å². The Morgan fingerprint density at radius 3 is 2.24 bits per heavy atom. The van der Waals surface area contributed by atoms with Crippen molar-refractivity contribution in [2.24, 2.45) is 0 Å². The molecule has 13 heteroatoms. The van der Waals surface area contributed by atoms with E-state index in [1.54, 1.807) is 11.3 Å². The molecule has 1 aliphatic heterocycles. The minimum atomic E-state index is -1.24. The molecule has 1 fully saturated rings. The van der Waals surface area contributed by atoms with Gasteiger partial charge >= 0.3 is 6.09 Å². The molecule has 10 nitrogen and oxygen atoms in total. The zero-order valence-electron chi connectivity index (χ0n) is 29.8. The van der Waals surface area contributed by atoms with Crippen LogP contribution in [0.15, 0.2) is 24.0 Å². The molecule has 3 aromatic rings. The molecule has 0 aliphatic carbocycles. The van der Waals surface area contributed by atoms with Gasteiger partial charge in [-0.25, -0.2) is 9.78 Å². The predicted molar refractivity (Wildman–Crippen MR) is 193 cm³/mol. The van der Waals surface area contributed by atoms with Crippen molar-refractivity contribution in [2.45, 2.75) is 122 Å². The first-order chi connectivity index (χ1) is 21.5. The van der Waals surface area contributed by atoms with Gasteiger partial charge in [0.15, 0.2) is 5.65 Å². The van der Waals surface area contributed by atoms with Gasteiger partial charge < -0.3 is 24.0 Å². The van der Waals surface area contributed by atoms with E-state index in [0.29, 0.717) is 33.1 Å². The molecule has 46 heavy (non-hydrogen) atoms. The molecule has 0 saturated carbocycles. The molecule has 0 aromatic carbocycles. The Balaban J connectivity index is 1.63. The smallest absolute Gasteiger partial charge is 0.410 e. The maximum absolute atomic E-state index is 13.2. The Hall–Kier alpha value is -2.33. The van der Waals surface area contributed by atoms with Crippen LogP contribution in [-0.4, -0.2) is 91.1 Å². The van der Waals surface area contributed by atoms with Gasteiger partial charge in [-0.05, 0) is 65.5 Å². The van der Waals surface area contributed by atoms with Gasteiger partial charge in [-0.15, -0.1) is 11.3 Å². The van der Waals surface area contributed by atoms with Crippen molar-refractivity contribution in [1.82, 2.24) is 24.5 Å². The number of nitrogens with zero attached hydrogens (tertiary/aromatic N) is 6. The van der Waals surface area contributed by atoms with Crippen LogP contribution in [0.5, 0.6) is 0 Å². The fourth-order valence-electron chi connectivity index (χ4n) is 5.46. The minimum absolute atomic E-state index is 0.100. The lowest BCUT2D eigenvalue weighted by Gasteiger charge is -2.31. The zero-order chi connectivity index (χ0) is 33.7. The molecule has 2 atom stereocenters. The predicted octanol–water partition coefficient (Wildman–Crippen LogP) is 8.00. The summed E-state index contributed by atoms with van der Waals surface area (Å²) < 4.78 is 20.3. The molecule has 0 N–H and O–H groups in total. The Morgan fingerprint density at radius 2 is 1.67 bits per heavy atom. The number of aryl methyl sites for hydroxylation is 1. The van der Waals surface area contributed by atoms with E-state index in [4.69, 9.17) is 24.3 Å². The van der Waals surface area contributed by atoms with Gasteiger partial charge in [0.05, 0.1) is 22.1 Å². The molecule has 0 bridgehead atoms. The maximum Gasteiger partial charge on any atom is 0.410 e. The molecule has 4 heterocycles. The quantitative estimate of drug-likeness (QED) is 0.0901. The number of carbonyl (C=O) groups is 1. The highest BCUT2D eigenvalue weighted by atomic mass is 32.1. The second-order valence-corrected chi connectivity index (χ2v) is 28.1. The molecule has 3 aromatic heterocycles. The van der Waals surface area contributed by atoms with E-state index < -0.39 is 21.7 Å². The lowest BCUT2D eigenvalue weighted by molar-refractivity contribution is 0.0154. The van der Waals surface area contributed by atoms with Crippen molar-refractivity contribution in [1.29, 1.82) is 0 Å². The fraction of sp³-hybridized carbons (Fsp3) is 0.697. The van der Waals surface area contributed by atoms with Crippen LogP contribution in [0, 0.1) is 0 Å². The molecular formula is C33H56N6O4SSi2. The fourth-order valence-corrected chi connectivity index (χ4v) is 7.60. The van der Waals surface area contributed by atoms with Crippen LogP contribution in [0.25, 0.3) is 16.1 Å². The lowest BCUT2D eigenvalue weighted by Crippen LogP contribution is -2.43. The van der Waals surface area contributed by atoms with Crippen LogP contribution >= 0.6 is 11.3 Å². The van der Waals surface area contributed by atoms with Gasteiger partial charge in [0.1, 0.15) is 24.9 Å². The number of likely N-dealkylation sites (tertiary alicyclic amines) is 1. The average molecular weight is 689 g/mol. The molecule has 0 unspecified atom stereocenters. The highest BCUT2D eigenvalue weighted by Gasteiger charge is 2.37. The topological polar surface area (TPSA) is 94.3 Å². The third kappa shape index (κ3) is 10.6. The van der Waals surface area contributed by atoms with Crippen LogP contribution in [0.3, 0.4) is 0 Å². The molecule has 1 aliphatic rings. The number of anilines is 1. The van der Waals surface area contributed by atoms with E-state index in [-0.39, 0.29) is 18.2 Å². The first kappa shape index (κ1) is 36.5. The van der Waals surface area contributed by atoms with Crippen molar-refractivity contribution in [2.75, 3.05) is 31.6 Å². The van der Waals surface area contributed by atoms with Gasteiger partial charge in [0, 0.05) is 59.4 Å². The standard InChI is InChI=1S/C33H56N6O4SSi2/c1-25-11-13-27(38(25)32(40)43-33(2,3)4)14-12-26-19-30(39-31(36-26)28(20-35-39)29-21-34-22-44-29)37(23-41-15-17-45(5,6)7)24-42-16-18-46(8,9)10/h19-22,25,27H,11-18,23-24H2,1-10H3/t25-,27-/m1/s1. The number of thiazole rings is 1. The van der Waals surface area contributed by atoms with Crippen LogP contribution in [0.2, 0.25) is 51.4 Å². The maximum atomic E-state index is 13.2.